The van der Waals surface area contributed by atoms with Crippen molar-refractivity contribution in [3.8, 4) is 22.3 Å². The van der Waals surface area contributed by atoms with Gasteiger partial charge >= 0.3 is 6.18 Å². The van der Waals surface area contributed by atoms with Crippen molar-refractivity contribution in [2.75, 3.05) is 0 Å². The van der Waals surface area contributed by atoms with Gasteiger partial charge in [0.25, 0.3) is 0 Å². The summed E-state index contributed by atoms with van der Waals surface area (Å²) in [4.78, 5) is 11.7. The van der Waals surface area contributed by atoms with Gasteiger partial charge in [-0.2, -0.15) is 18.3 Å². The zero-order chi connectivity index (χ0) is 21.0. The Labute approximate surface area is 165 Å². The molecule has 0 bridgehead atoms. The van der Waals surface area contributed by atoms with E-state index in [-0.39, 0.29) is 23.5 Å². The number of benzene rings is 2. The van der Waals surface area contributed by atoms with E-state index < -0.39 is 11.8 Å². The summed E-state index contributed by atoms with van der Waals surface area (Å²) in [7, 11) is 0. The Bertz CT molecular complexity index is 1120. The van der Waals surface area contributed by atoms with E-state index in [1.807, 2.05) is 0 Å². The number of aryl methyl sites for hydroxylation is 1. The van der Waals surface area contributed by atoms with E-state index in [1.165, 1.54) is 29.1 Å². The SMILES string of the molecule is CCC(=O)Cn1cc(-c2cc(C)cc3c2-c2ccccc2[C@]3(O)C(F)(F)F)cn1. The zero-order valence-corrected chi connectivity index (χ0v) is 15.9. The number of fused-ring (bicyclic) bond motifs is 3. The van der Waals surface area contributed by atoms with E-state index in [2.05, 4.69) is 5.10 Å². The van der Waals surface area contributed by atoms with Crippen LogP contribution in [-0.4, -0.2) is 26.8 Å². The van der Waals surface area contributed by atoms with Gasteiger partial charge in [-0.3, -0.25) is 9.48 Å². The first kappa shape index (κ1) is 19.4. The van der Waals surface area contributed by atoms with Gasteiger partial charge in [0, 0.05) is 29.3 Å². The summed E-state index contributed by atoms with van der Waals surface area (Å²) in [6.07, 6.45) is -1.32. The molecule has 1 aromatic heterocycles. The van der Waals surface area contributed by atoms with E-state index in [9.17, 15) is 23.1 Å². The highest BCUT2D eigenvalue weighted by atomic mass is 19.4. The molecule has 4 nitrogen and oxygen atoms in total. The molecule has 29 heavy (non-hydrogen) atoms. The number of carbonyl (C=O) groups is 1. The van der Waals surface area contributed by atoms with Crippen molar-refractivity contribution in [2.45, 2.75) is 38.6 Å². The summed E-state index contributed by atoms with van der Waals surface area (Å²) < 4.78 is 43.6. The number of ketones is 1. The number of nitrogens with zero attached hydrogens (tertiary/aromatic N) is 2. The van der Waals surface area contributed by atoms with Gasteiger partial charge in [0.1, 0.15) is 0 Å². The van der Waals surface area contributed by atoms with Crippen LogP contribution in [0, 0.1) is 6.92 Å². The molecule has 2 aromatic carbocycles. The normalized spacial score (nSPS) is 17.9. The maximum Gasteiger partial charge on any atom is 0.425 e. The van der Waals surface area contributed by atoms with Crippen LogP contribution in [0.5, 0.6) is 0 Å². The standard InChI is InChI=1S/C22H19F3N2O2/c1-3-15(28)12-27-11-14(10-26-27)17-8-13(2)9-19-20(17)16-6-4-5-7-18(16)21(19,29)22(23,24)25/h4-11,29H,3,12H2,1-2H3/t21-/m1/s1. The fraction of sp³-hybridized carbons (Fsp3) is 0.273. The Morgan fingerprint density at radius 3 is 2.59 bits per heavy atom. The number of hydrogen-bond donors (Lipinski definition) is 1. The van der Waals surface area contributed by atoms with Crippen LogP contribution in [0.4, 0.5) is 13.2 Å². The highest BCUT2D eigenvalue weighted by molar-refractivity contribution is 5.92. The molecule has 1 aliphatic rings. The number of carbonyl (C=O) groups excluding carboxylic acids is 1. The Hall–Kier alpha value is -2.93. The second-order valence-corrected chi connectivity index (χ2v) is 7.31. The van der Waals surface area contributed by atoms with Gasteiger partial charge < -0.3 is 5.11 Å². The van der Waals surface area contributed by atoms with Crippen molar-refractivity contribution in [1.82, 2.24) is 9.78 Å². The molecule has 0 fully saturated rings. The molecule has 0 saturated heterocycles. The molecule has 1 atom stereocenters. The first-order valence-corrected chi connectivity index (χ1v) is 9.25. The van der Waals surface area contributed by atoms with Gasteiger partial charge in [0.05, 0.1) is 12.7 Å². The van der Waals surface area contributed by atoms with Gasteiger partial charge in [-0.05, 0) is 23.6 Å². The van der Waals surface area contributed by atoms with Crippen molar-refractivity contribution in [2.24, 2.45) is 0 Å². The number of Topliss-reactive ketones (excluding diaryl/α,β-unsaturated/α-hetero) is 1. The largest absolute Gasteiger partial charge is 0.425 e. The van der Waals surface area contributed by atoms with Crippen LogP contribution in [0.1, 0.15) is 30.0 Å². The number of halogens is 3. The molecule has 1 aliphatic carbocycles. The molecule has 4 rings (SSSR count). The molecule has 0 radical (unpaired) electrons. The fourth-order valence-electron chi connectivity index (χ4n) is 3.94. The molecule has 7 heteroatoms. The first-order chi connectivity index (χ1) is 13.7. The summed E-state index contributed by atoms with van der Waals surface area (Å²) in [5, 5.41) is 15.1. The van der Waals surface area contributed by atoms with Crippen LogP contribution in [0.2, 0.25) is 0 Å². The van der Waals surface area contributed by atoms with E-state index >= 15 is 0 Å². The number of rotatable bonds is 4. The Morgan fingerprint density at radius 2 is 1.90 bits per heavy atom. The Balaban J connectivity index is 1.96. The molecular weight excluding hydrogens is 381 g/mol. The summed E-state index contributed by atoms with van der Waals surface area (Å²) in [6, 6.07) is 9.20. The predicted molar refractivity (Wildman–Crippen MR) is 102 cm³/mol. The molecule has 150 valence electrons. The van der Waals surface area contributed by atoms with Crippen LogP contribution in [-0.2, 0) is 16.9 Å². The van der Waals surface area contributed by atoms with E-state index in [1.54, 1.807) is 38.2 Å². The molecule has 0 spiro atoms. The van der Waals surface area contributed by atoms with Gasteiger partial charge in [-0.25, -0.2) is 0 Å². The third kappa shape index (κ3) is 2.88. The number of aromatic nitrogens is 2. The summed E-state index contributed by atoms with van der Waals surface area (Å²) in [5.41, 5.74) is -1.03. The molecular formula is C22H19F3N2O2. The van der Waals surface area contributed by atoms with E-state index in [4.69, 9.17) is 0 Å². The fourth-order valence-corrected chi connectivity index (χ4v) is 3.94. The monoisotopic (exact) mass is 400 g/mol. The maximum absolute atomic E-state index is 14.1. The molecule has 1 N–H and O–H groups in total. The Kier molecular flexibility index (Phi) is 4.38. The lowest BCUT2D eigenvalue weighted by molar-refractivity contribution is -0.246. The average Bonchev–Trinajstić information content (AvgIpc) is 3.23. The quantitative estimate of drug-likeness (QED) is 0.696. The van der Waals surface area contributed by atoms with Gasteiger partial charge in [-0.1, -0.05) is 48.9 Å². The lowest BCUT2D eigenvalue weighted by Crippen LogP contribution is -2.41. The van der Waals surface area contributed by atoms with Crippen molar-refractivity contribution in [1.29, 1.82) is 0 Å². The van der Waals surface area contributed by atoms with Gasteiger partial charge in [0.2, 0.25) is 5.60 Å². The lowest BCUT2D eigenvalue weighted by atomic mass is 9.88. The molecule has 0 aliphatic heterocycles. The minimum atomic E-state index is -4.88. The number of aliphatic hydroxyl groups is 1. The smallest absolute Gasteiger partial charge is 0.372 e. The van der Waals surface area contributed by atoms with Gasteiger partial charge in [0.15, 0.2) is 5.78 Å². The Morgan fingerprint density at radius 1 is 1.17 bits per heavy atom. The van der Waals surface area contributed by atoms with E-state index in [0.717, 1.165) is 0 Å². The van der Waals surface area contributed by atoms with Crippen LogP contribution in [0.15, 0.2) is 48.8 Å². The minimum absolute atomic E-state index is 0.00548. The summed E-state index contributed by atoms with van der Waals surface area (Å²) in [5.74, 6) is 0.00548. The second kappa shape index (κ2) is 6.56. The zero-order valence-electron chi connectivity index (χ0n) is 15.9. The predicted octanol–water partition coefficient (Wildman–Crippen LogP) is 4.62. The van der Waals surface area contributed by atoms with Crippen LogP contribution < -0.4 is 0 Å². The molecule has 0 saturated carbocycles. The van der Waals surface area contributed by atoms with Crippen LogP contribution in [0.25, 0.3) is 22.3 Å². The van der Waals surface area contributed by atoms with Crippen LogP contribution in [0.3, 0.4) is 0 Å². The number of hydrogen-bond acceptors (Lipinski definition) is 3. The van der Waals surface area contributed by atoms with E-state index in [0.29, 0.717) is 34.2 Å². The highest BCUT2D eigenvalue weighted by Gasteiger charge is 2.61. The third-order valence-corrected chi connectivity index (χ3v) is 5.35. The maximum atomic E-state index is 14.1. The second-order valence-electron chi connectivity index (χ2n) is 7.31. The molecule has 0 amide bonds. The first-order valence-electron chi connectivity index (χ1n) is 9.25. The van der Waals surface area contributed by atoms with Gasteiger partial charge in [-0.15, -0.1) is 0 Å². The van der Waals surface area contributed by atoms with Crippen molar-refractivity contribution in [3.63, 3.8) is 0 Å². The lowest BCUT2D eigenvalue weighted by Gasteiger charge is -2.28. The highest BCUT2D eigenvalue weighted by Crippen LogP contribution is 2.57. The molecule has 3 aromatic rings. The summed E-state index contributed by atoms with van der Waals surface area (Å²) >= 11 is 0. The number of alkyl halides is 3. The third-order valence-electron chi connectivity index (χ3n) is 5.35. The van der Waals surface area contributed by atoms with Crippen molar-refractivity contribution < 1.29 is 23.1 Å². The summed E-state index contributed by atoms with van der Waals surface area (Å²) in [6.45, 7) is 3.55. The topological polar surface area (TPSA) is 55.1 Å². The average molecular weight is 400 g/mol. The van der Waals surface area contributed by atoms with Crippen molar-refractivity contribution in [3.05, 3.63) is 65.5 Å². The molecule has 1 heterocycles. The molecule has 0 unspecified atom stereocenters. The van der Waals surface area contributed by atoms with Crippen LogP contribution >= 0.6 is 0 Å². The minimum Gasteiger partial charge on any atom is -0.372 e. The van der Waals surface area contributed by atoms with Crippen molar-refractivity contribution >= 4 is 5.78 Å².